The molecule has 0 heterocycles. The third-order valence-corrected chi connectivity index (χ3v) is 2.46. The zero-order valence-electron chi connectivity index (χ0n) is 10.6. The summed E-state index contributed by atoms with van der Waals surface area (Å²) < 4.78 is 5.10. The van der Waals surface area contributed by atoms with Gasteiger partial charge in [-0.1, -0.05) is 44.2 Å². The van der Waals surface area contributed by atoms with Crippen LogP contribution in [0.2, 0.25) is 0 Å². The Kier molecular flexibility index (Phi) is 4.70. The van der Waals surface area contributed by atoms with E-state index in [0.29, 0.717) is 6.42 Å². The summed E-state index contributed by atoms with van der Waals surface area (Å²) in [7, 11) is 0. The van der Waals surface area contributed by atoms with Gasteiger partial charge in [-0.05, 0) is 24.8 Å². The van der Waals surface area contributed by atoms with Gasteiger partial charge in [0.1, 0.15) is 6.61 Å². The van der Waals surface area contributed by atoms with Gasteiger partial charge in [0, 0.05) is 0 Å². The monoisotopic (exact) mass is 236 g/mol. The van der Waals surface area contributed by atoms with E-state index < -0.39 is 11.6 Å². The van der Waals surface area contributed by atoms with Gasteiger partial charge in [-0.15, -0.1) is 0 Å². The molecule has 0 radical (unpaired) electrons. The predicted molar refractivity (Wildman–Crippen MR) is 66.3 cm³/mol. The van der Waals surface area contributed by atoms with Gasteiger partial charge in [0.25, 0.3) is 0 Å². The summed E-state index contributed by atoms with van der Waals surface area (Å²) in [5, 5.41) is 9.96. The zero-order chi connectivity index (χ0) is 12.9. The number of hydrogen-bond donors (Lipinski definition) is 1. The minimum atomic E-state index is -1.40. The standard InChI is InChI=1S/C14H20O3/c1-11(2)9-14(3,16)13(15)17-10-12-7-5-4-6-8-12/h4-8,11,16H,9-10H2,1-3H3. The highest BCUT2D eigenvalue weighted by Gasteiger charge is 2.32. The molecule has 3 nitrogen and oxygen atoms in total. The summed E-state index contributed by atoms with van der Waals surface area (Å²) in [4.78, 5) is 11.7. The molecule has 0 aromatic heterocycles. The fraction of sp³-hybridized carbons (Fsp3) is 0.500. The molecule has 0 spiro atoms. The van der Waals surface area contributed by atoms with Crippen molar-refractivity contribution in [2.75, 3.05) is 0 Å². The van der Waals surface area contributed by atoms with E-state index in [-0.39, 0.29) is 12.5 Å². The SMILES string of the molecule is CC(C)CC(C)(O)C(=O)OCc1ccccc1. The van der Waals surface area contributed by atoms with Gasteiger partial charge in [0.05, 0.1) is 0 Å². The minimum absolute atomic E-state index is 0.202. The second kappa shape index (κ2) is 5.82. The van der Waals surface area contributed by atoms with Gasteiger partial charge in [-0.2, -0.15) is 0 Å². The van der Waals surface area contributed by atoms with Crippen molar-refractivity contribution in [3.8, 4) is 0 Å². The van der Waals surface area contributed by atoms with E-state index in [1.807, 2.05) is 44.2 Å². The lowest BCUT2D eigenvalue weighted by molar-refractivity contribution is -0.166. The molecule has 1 aromatic carbocycles. The lowest BCUT2D eigenvalue weighted by Gasteiger charge is -2.23. The topological polar surface area (TPSA) is 46.5 Å². The molecule has 1 unspecified atom stereocenters. The number of carbonyl (C=O) groups excluding carboxylic acids is 1. The van der Waals surface area contributed by atoms with Crippen LogP contribution in [0.5, 0.6) is 0 Å². The van der Waals surface area contributed by atoms with Crippen LogP contribution in [0.15, 0.2) is 30.3 Å². The van der Waals surface area contributed by atoms with E-state index in [2.05, 4.69) is 0 Å². The van der Waals surface area contributed by atoms with Crippen molar-refractivity contribution in [2.24, 2.45) is 5.92 Å². The molecule has 94 valence electrons. The average molecular weight is 236 g/mol. The summed E-state index contributed by atoms with van der Waals surface area (Å²) in [6.45, 7) is 5.62. The molecular formula is C14H20O3. The molecule has 3 heteroatoms. The van der Waals surface area contributed by atoms with Crippen molar-refractivity contribution in [1.82, 2.24) is 0 Å². The Morgan fingerprint density at radius 2 is 1.94 bits per heavy atom. The highest BCUT2D eigenvalue weighted by atomic mass is 16.5. The van der Waals surface area contributed by atoms with Crippen LogP contribution in [0.4, 0.5) is 0 Å². The fourth-order valence-electron chi connectivity index (χ4n) is 1.76. The number of hydrogen-bond acceptors (Lipinski definition) is 3. The second-order valence-electron chi connectivity index (χ2n) is 4.93. The fourth-order valence-corrected chi connectivity index (χ4v) is 1.76. The predicted octanol–water partition coefficient (Wildman–Crippen LogP) is 2.53. The first kappa shape index (κ1) is 13.7. The van der Waals surface area contributed by atoms with Crippen LogP contribution >= 0.6 is 0 Å². The maximum absolute atomic E-state index is 11.7. The first-order valence-electron chi connectivity index (χ1n) is 5.85. The largest absolute Gasteiger partial charge is 0.459 e. The minimum Gasteiger partial charge on any atom is -0.459 e. The quantitative estimate of drug-likeness (QED) is 0.799. The number of esters is 1. The van der Waals surface area contributed by atoms with E-state index >= 15 is 0 Å². The molecule has 1 N–H and O–H groups in total. The van der Waals surface area contributed by atoms with E-state index in [1.54, 1.807) is 0 Å². The Morgan fingerprint density at radius 1 is 1.35 bits per heavy atom. The number of aliphatic hydroxyl groups is 1. The van der Waals surface area contributed by atoms with E-state index in [0.717, 1.165) is 5.56 Å². The van der Waals surface area contributed by atoms with Crippen molar-refractivity contribution in [3.63, 3.8) is 0 Å². The first-order valence-corrected chi connectivity index (χ1v) is 5.85. The molecule has 0 aliphatic heterocycles. The van der Waals surface area contributed by atoms with Gasteiger partial charge in [-0.25, -0.2) is 4.79 Å². The third-order valence-electron chi connectivity index (χ3n) is 2.46. The number of ether oxygens (including phenoxy) is 1. The van der Waals surface area contributed by atoms with Gasteiger partial charge in [0.15, 0.2) is 5.60 Å². The molecule has 17 heavy (non-hydrogen) atoms. The van der Waals surface area contributed by atoms with Gasteiger partial charge >= 0.3 is 5.97 Å². The highest BCUT2D eigenvalue weighted by Crippen LogP contribution is 2.18. The van der Waals surface area contributed by atoms with Gasteiger partial charge < -0.3 is 9.84 Å². The maximum Gasteiger partial charge on any atom is 0.338 e. The number of benzene rings is 1. The van der Waals surface area contributed by atoms with Crippen molar-refractivity contribution in [3.05, 3.63) is 35.9 Å². The Labute approximate surface area is 102 Å². The lowest BCUT2D eigenvalue weighted by atomic mass is 9.94. The molecular weight excluding hydrogens is 216 g/mol. The molecule has 0 aliphatic rings. The van der Waals surface area contributed by atoms with Crippen LogP contribution in [0.25, 0.3) is 0 Å². The van der Waals surface area contributed by atoms with E-state index in [9.17, 15) is 9.90 Å². The van der Waals surface area contributed by atoms with Gasteiger partial charge in [-0.3, -0.25) is 0 Å². The lowest BCUT2D eigenvalue weighted by Crippen LogP contribution is -2.38. The Balaban J connectivity index is 2.49. The van der Waals surface area contributed by atoms with Crippen LogP contribution in [0.1, 0.15) is 32.8 Å². The summed E-state index contributed by atoms with van der Waals surface area (Å²) >= 11 is 0. The summed E-state index contributed by atoms with van der Waals surface area (Å²) in [5.74, 6) is -0.315. The van der Waals surface area contributed by atoms with Crippen molar-refractivity contribution in [2.45, 2.75) is 39.4 Å². The molecule has 0 aliphatic carbocycles. The van der Waals surface area contributed by atoms with Crippen LogP contribution in [0.3, 0.4) is 0 Å². The molecule has 1 atom stereocenters. The average Bonchev–Trinajstić information content (AvgIpc) is 2.25. The first-order chi connectivity index (χ1) is 7.92. The number of rotatable bonds is 5. The summed E-state index contributed by atoms with van der Waals surface area (Å²) in [6, 6.07) is 9.43. The third kappa shape index (κ3) is 4.57. The highest BCUT2D eigenvalue weighted by molar-refractivity contribution is 5.78. The maximum atomic E-state index is 11.7. The normalized spacial score (nSPS) is 14.4. The van der Waals surface area contributed by atoms with Crippen LogP contribution in [-0.4, -0.2) is 16.7 Å². The smallest absolute Gasteiger partial charge is 0.338 e. The summed E-state index contributed by atoms with van der Waals surface area (Å²) in [5.41, 5.74) is -0.482. The molecule has 0 saturated carbocycles. The molecule has 0 fully saturated rings. The van der Waals surface area contributed by atoms with Crippen molar-refractivity contribution < 1.29 is 14.6 Å². The molecule has 0 amide bonds. The molecule has 0 saturated heterocycles. The Hall–Kier alpha value is -1.35. The second-order valence-corrected chi connectivity index (χ2v) is 4.93. The van der Waals surface area contributed by atoms with Crippen LogP contribution in [0, 0.1) is 5.92 Å². The summed E-state index contributed by atoms with van der Waals surface area (Å²) in [6.07, 6.45) is 0.403. The van der Waals surface area contributed by atoms with Gasteiger partial charge in [0.2, 0.25) is 0 Å². The van der Waals surface area contributed by atoms with Crippen LogP contribution < -0.4 is 0 Å². The molecule has 1 rings (SSSR count). The van der Waals surface area contributed by atoms with Crippen LogP contribution in [-0.2, 0) is 16.1 Å². The Bertz CT molecular complexity index is 355. The number of carbonyl (C=O) groups is 1. The van der Waals surface area contributed by atoms with Crippen molar-refractivity contribution in [1.29, 1.82) is 0 Å². The van der Waals surface area contributed by atoms with E-state index in [4.69, 9.17) is 4.74 Å². The molecule has 1 aromatic rings. The Morgan fingerprint density at radius 3 is 2.47 bits per heavy atom. The molecule has 0 bridgehead atoms. The van der Waals surface area contributed by atoms with Crippen molar-refractivity contribution >= 4 is 5.97 Å². The van der Waals surface area contributed by atoms with E-state index in [1.165, 1.54) is 6.92 Å². The zero-order valence-corrected chi connectivity index (χ0v) is 10.6.